The summed E-state index contributed by atoms with van der Waals surface area (Å²) in [6, 6.07) is 3.77. The third kappa shape index (κ3) is 2.02. The molecule has 0 spiro atoms. The number of aromatic nitrogens is 2. The number of halogens is 1. The molecule has 1 aromatic carbocycles. The monoisotopic (exact) mass is 252 g/mol. The Morgan fingerprint density at radius 2 is 2.00 bits per heavy atom. The van der Waals surface area contributed by atoms with Gasteiger partial charge in [-0.05, 0) is 49.7 Å². The lowest BCUT2D eigenvalue weighted by molar-refractivity contribution is 0.478. The van der Waals surface area contributed by atoms with Crippen molar-refractivity contribution in [2.24, 2.45) is 0 Å². The number of hydrogen-bond donors (Lipinski definition) is 1. The summed E-state index contributed by atoms with van der Waals surface area (Å²) in [6.07, 6.45) is 2.04. The zero-order valence-corrected chi connectivity index (χ0v) is 11.2. The standard InChI is InChI=1S/C13H17FN2S/c1-4-9(5-2)16-12-6-8(3)10(14)7-11(12)15-13(16)17/h6-7,9H,4-5H2,1-3H3,(H,15,17). The van der Waals surface area contributed by atoms with E-state index in [0.717, 1.165) is 23.9 Å². The summed E-state index contributed by atoms with van der Waals surface area (Å²) >= 11 is 5.33. The van der Waals surface area contributed by atoms with Crippen molar-refractivity contribution >= 4 is 23.3 Å². The summed E-state index contributed by atoms with van der Waals surface area (Å²) in [5.41, 5.74) is 2.44. The molecule has 92 valence electrons. The maximum absolute atomic E-state index is 13.5. The van der Waals surface area contributed by atoms with Gasteiger partial charge >= 0.3 is 0 Å². The summed E-state index contributed by atoms with van der Waals surface area (Å²) in [5.74, 6) is -0.189. The van der Waals surface area contributed by atoms with Crippen LogP contribution >= 0.6 is 12.2 Å². The largest absolute Gasteiger partial charge is 0.330 e. The smallest absolute Gasteiger partial charge is 0.178 e. The first-order valence-corrected chi connectivity index (χ1v) is 6.39. The number of imidazole rings is 1. The first-order chi connectivity index (χ1) is 8.08. The molecule has 0 saturated carbocycles. The van der Waals surface area contributed by atoms with Crippen molar-refractivity contribution in [3.8, 4) is 0 Å². The van der Waals surface area contributed by atoms with Crippen molar-refractivity contribution in [3.63, 3.8) is 0 Å². The molecule has 1 N–H and O–H groups in total. The highest BCUT2D eigenvalue weighted by Crippen LogP contribution is 2.25. The van der Waals surface area contributed by atoms with E-state index >= 15 is 0 Å². The van der Waals surface area contributed by atoms with Gasteiger partial charge in [0.1, 0.15) is 5.82 Å². The molecule has 2 aromatic rings. The van der Waals surface area contributed by atoms with E-state index in [9.17, 15) is 4.39 Å². The lowest BCUT2D eigenvalue weighted by atomic mass is 10.1. The van der Waals surface area contributed by atoms with Crippen molar-refractivity contribution in [2.45, 2.75) is 39.7 Å². The van der Waals surface area contributed by atoms with Crippen molar-refractivity contribution in [3.05, 3.63) is 28.3 Å². The minimum atomic E-state index is -0.189. The molecule has 0 aliphatic rings. The van der Waals surface area contributed by atoms with Gasteiger partial charge in [-0.1, -0.05) is 13.8 Å². The molecule has 1 heterocycles. The Kier molecular flexibility index (Phi) is 3.33. The molecule has 0 radical (unpaired) electrons. The Bertz CT molecular complexity index is 593. The van der Waals surface area contributed by atoms with E-state index in [4.69, 9.17) is 12.2 Å². The third-order valence-corrected chi connectivity index (χ3v) is 3.60. The molecule has 17 heavy (non-hydrogen) atoms. The molecule has 1 aromatic heterocycles. The van der Waals surface area contributed by atoms with Gasteiger partial charge in [-0.3, -0.25) is 0 Å². The zero-order valence-electron chi connectivity index (χ0n) is 10.4. The summed E-state index contributed by atoms with van der Waals surface area (Å²) in [7, 11) is 0. The SMILES string of the molecule is CCC(CC)n1c(=S)[nH]c2cc(F)c(C)cc21. The van der Waals surface area contributed by atoms with E-state index in [0.29, 0.717) is 16.4 Å². The molecule has 0 fully saturated rings. The Balaban J connectivity index is 2.74. The van der Waals surface area contributed by atoms with Crippen LogP contribution in [-0.2, 0) is 0 Å². The molecule has 4 heteroatoms. The molecule has 0 unspecified atom stereocenters. The Morgan fingerprint density at radius 3 is 2.59 bits per heavy atom. The van der Waals surface area contributed by atoms with Gasteiger partial charge in [-0.25, -0.2) is 4.39 Å². The second kappa shape index (κ2) is 4.61. The Hall–Kier alpha value is -1.16. The minimum absolute atomic E-state index is 0.189. The molecule has 2 nitrogen and oxygen atoms in total. The maximum atomic E-state index is 13.5. The third-order valence-electron chi connectivity index (χ3n) is 3.30. The molecular formula is C13H17FN2S. The van der Waals surface area contributed by atoms with Gasteiger partial charge < -0.3 is 9.55 Å². The average molecular weight is 252 g/mol. The van der Waals surface area contributed by atoms with Gasteiger partial charge in [0.25, 0.3) is 0 Å². The van der Waals surface area contributed by atoms with Crippen LogP contribution < -0.4 is 0 Å². The van der Waals surface area contributed by atoms with Crippen molar-refractivity contribution in [1.82, 2.24) is 9.55 Å². The predicted octanol–water partition coefficient (Wildman–Crippen LogP) is 4.51. The van der Waals surface area contributed by atoms with E-state index in [2.05, 4.69) is 23.4 Å². The number of H-pyrrole nitrogens is 1. The van der Waals surface area contributed by atoms with Gasteiger partial charge in [0.05, 0.1) is 11.0 Å². The molecule has 0 aliphatic carbocycles. The van der Waals surface area contributed by atoms with Crippen LogP contribution in [0, 0.1) is 17.5 Å². The van der Waals surface area contributed by atoms with E-state index in [1.54, 1.807) is 6.92 Å². The van der Waals surface area contributed by atoms with Crippen LogP contribution in [0.4, 0.5) is 4.39 Å². The summed E-state index contributed by atoms with van der Waals surface area (Å²) < 4.78 is 16.3. The highest BCUT2D eigenvalue weighted by Gasteiger charge is 2.13. The second-order valence-electron chi connectivity index (χ2n) is 4.39. The zero-order chi connectivity index (χ0) is 12.6. The average Bonchev–Trinajstić information content (AvgIpc) is 2.59. The Morgan fingerprint density at radius 1 is 1.35 bits per heavy atom. The molecule has 2 rings (SSSR count). The summed E-state index contributed by atoms with van der Waals surface area (Å²) in [6.45, 7) is 6.07. The van der Waals surface area contributed by atoms with Crippen LogP contribution in [0.2, 0.25) is 0 Å². The van der Waals surface area contributed by atoms with Gasteiger partial charge in [-0.2, -0.15) is 0 Å². The Labute approximate surface area is 105 Å². The first-order valence-electron chi connectivity index (χ1n) is 5.98. The fraction of sp³-hybridized carbons (Fsp3) is 0.462. The first kappa shape index (κ1) is 12.3. The summed E-state index contributed by atoms with van der Waals surface area (Å²) in [4.78, 5) is 3.08. The normalized spacial score (nSPS) is 11.6. The second-order valence-corrected chi connectivity index (χ2v) is 4.78. The molecule has 0 atom stereocenters. The van der Waals surface area contributed by atoms with Crippen LogP contribution in [0.3, 0.4) is 0 Å². The fourth-order valence-electron chi connectivity index (χ4n) is 2.27. The van der Waals surface area contributed by atoms with Crippen LogP contribution in [0.25, 0.3) is 11.0 Å². The van der Waals surface area contributed by atoms with Crippen LogP contribution in [0.5, 0.6) is 0 Å². The van der Waals surface area contributed by atoms with Gasteiger partial charge in [0.15, 0.2) is 4.77 Å². The molecule has 0 bridgehead atoms. The van der Waals surface area contributed by atoms with Crippen molar-refractivity contribution in [1.29, 1.82) is 0 Å². The molecule has 0 saturated heterocycles. The van der Waals surface area contributed by atoms with Crippen molar-refractivity contribution < 1.29 is 4.39 Å². The van der Waals surface area contributed by atoms with Gasteiger partial charge in [-0.15, -0.1) is 0 Å². The number of nitrogens with zero attached hydrogens (tertiary/aromatic N) is 1. The van der Waals surface area contributed by atoms with Gasteiger partial charge in [0, 0.05) is 6.04 Å². The van der Waals surface area contributed by atoms with Gasteiger partial charge in [0.2, 0.25) is 0 Å². The van der Waals surface area contributed by atoms with E-state index in [1.165, 1.54) is 6.07 Å². The number of rotatable bonds is 3. The number of fused-ring (bicyclic) bond motifs is 1. The number of hydrogen-bond acceptors (Lipinski definition) is 1. The summed E-state index contributed by atoms with van der Waals surface area (Å²) in [5, 5.41) is 0. The predicted molar refractivity (Wildman–Crippen MR) is 71.4 cm³/mol. The lowest BCUT2D eigenvalue weighted by Gasteiger charge is -2.15. The molecule has 0 amide bonds. The van der Waals surface area contributed by atoms with Crippen LogP contribution in [0.15, 0.2) is 12.1 Å². The number of aromatic amines is 1. The highest BCUT2D eigenvalue weighted by molar-refractivity contribution is 7.71. The lowest BCUT2D eigenvalue weighted by Crippen LogP contribution is -2.06. The fourth-order valence-corrected chi connectivity index (χ4v) is 2.62. The molecular weight excluding hydrogens is 235 g/mol. The number of aryl methyl sites for hydroxylation is 1. The maximum Gasteiger partial charge on any atom is 0.178 e. The van der Waals surface area contributed by atoms with E-state index in [-0.39, 0.29) is 5.82 Å². The van der Waals surface area contributed by atoms with Crippen LogP contribution in [0.1, 0.15) is 38.3 Å². The number of nitrogens with one attached hydrogen (secondary N) is 1. The van der Waals surface area contributed by atoms with E-state index < -0.39 is 0 Å². The highest BCUT2D eigenvalue weighted by atomic mass is 32.1. The van der Waals surface area contributed by atoms with E-state index in [1.807, 2.05) is 6.07 Å². The minimum Gasteiger partial charge on any atom is -0.330 e. The quantitative estimate of drug-likeness (QED) is 0.797. The molecule has 0 aliphatic heterocycles. The topological polar surface area (TPSA) is 20.7 Å². The van der Waals surface area contributed by atoms with Crippen molar-refractivity contribution in [2.75, 3.05) is 0 Å². The number of benzene rings is 1. The van der Waals surface area contributed by atoms with Crippen LogP contribution in [-0.4, -0.2) is 9.55 Å².